The van der Waals surface area contributed by atoms with Crippen molar-refractivity contribution < 1.29 is 9.59 Å². The van der Waals surface area contributed by atoms with Crippen molar-refractivity contribution in [3.63, 3.8) is 0 Å². The van der Waals surface area contributed by atoms with E-state index in [0.717, 1.165) is 24.8 Å². The predicted molar refractivity (Wildman–Crippen MR) is 73.9 cm³/mol. The summed E-state index contributed by atoms with van der Waals surface area (Å²) in [5.41, 5.74) is 1.08. The standard InChI is InChI=1S/C14H17ClN2O2/c15-12-3-1-2-10(8-12)6-7-16-13(18)9-17-14(19)11-4-5-11/h1-3,8,11H,4-7,9H2,(H,16,18)(H,17,19). The van der Waals surface area contributed by atoms with Crippen molar-refractivity contribution in [2.45, 2.75) is 19.3 Å². The molecule has 1 aromatic rings. The van der Waals surface area contributed by atoms with Crippen molar-refractivity contribution in [1.82, 2.24) is 10.6 Å². The minimum Gasteiger partial charge on any atom is -0.354 e. The van der Waals surface area contributed by atoms with Crippen LogP contribution in [0.15, 0.2) is 24.3 Å². The molecule has 0 saturated heterocycles. The molecule has 2 rings (SSSR count). The molecule has 1 fully saturated rings. The van der Waals surface area contributed by atoms with Gasteiger partial charge in [-0.15, -0.1) is 0 Å². The topological polar surface area (TPSA) is 58.2 Å². The quantitative estimate of drug-likeness (QED) is 0.830. The minimum atomic E-state index is -0.156. The summed E-state index contributed by atoms with van der Waals surface area (Å²) in [6.45, 7) is 0.601. The van der Waals surface area contributed by atoms with Gasteiger partial charge in [-0.1, -0.05) is 23.7 Å². The fourth-order valence-corrected chi connectivity index (χ4v) is 1.97. The van der Waals surface area contributed by atoms with Crippen LogP contribution in [-0.2, 0) is 16.0 Å². The predicted octanol–water partition coefficient (Wildman–Crippen LogP) is 1.52. The van der Waals surface area contributed by atoms with E-state index in [1.165, 1.54) is 0 Å². The Morgan fingerprint density at radius 3 is 2.74 bits per heavy atom. The van der Waals surface area contributed by atoms with Crippen LogP contribution in [0.4, 0.5) is 0 Å². The van der Waals surface area contributed by atoms with E-state index in [9.17, 15) is 9.59 Å². The van der Waals surface area contributed by atoms with E-state index in [2.05, 4.69) is 10.6 Å². The van der Waals surface area contributed by atoms with Crippen LogP contribution in [0.1, 0.15) is 18.4 Å². The zero-order valence-corrected chi connectivity index (χ0v) is 11.4. The molecule has 5 heteroatoms. The molecular weight excluding hydrogens is 264 g/mol. The lowest BCUT2D eigenvalue weighted by molar-refractivity contribution is -0.126. The highest BCUT2D eigenvalue weighted by Crippen LogP contribution is 2.28. The summed E-state index contributed by atoms with van der Waals surface area (Å²) in [7, 11) is 0. The largest absolute Gasteiger partial charge is 0.354 e. The van der Waals surface area contributed by atoms with Gasteiger partial charge in [0, 0.05) is 17.5 Å². The zero-order chi connectivity index (χ0) is 13.7. The van der Waals surface area contributed by atoms with Crippen molar-refractivity contribution in [2.24, 2.45) is 5.92 Å². The Bertz CT molecular complexity index is 472. The van der Waals surface area contributed by atoms with Crippen molar-refractivity contribution in [2.75, 3.05) is 13.1 Å². The lowest BCUT2D eigenvalue weighted by atomic mass is 10.1. The highest BCUT2D eigenvalue weighted by molar-refractivity contribution is 6.30. The lowest BCUT2D eigenvalue weighted by Crippen LogP contribution is -2.38. The first-order valence-corrected chi connectivity index (χ1v) is 6.82. The highest BCUT2D eigenvalue weighted by Gasteiger charge is 2.29. The molecule has 0 atom stereocenters. The molecule has 1 aliphatic carbocycles. The molecular formula is C14H17ClN2O2. The Hall–Kier alpha value is -1.55. The number of amides is 2. The van der Waals surface area contributed by atoms with Crippen molar-refractivity contribution in [3.8, 4) is 0 Å². The van der Waals surface area contributed by atoms with E-state index >= 15 is 0 Å². The van der Waals surface area contributed by atoms with Crippen LogP contribution < -0.4 is 10.6 Å². The molecule has 1 aliphatic rings. The number of nitrogens with one attached hydrogen (secondary N) is 2. The monoisotopic (exact) mass is 280 g/mol. The van der Waals surface area contributed by atoms with Gasteiger partial charge in [0.2, 0.25) is 11.8 Å². The average Bonchev–Trinajstić information content (AvgIpc) is 3.20. The van der Waals surface area contributed by atoms with Crippen LogP contribution in [0, 0.1) is 5.92 Å². The molecule has 0 unspecified atom stereocenters. The fourth-order valence-electron chi connectivity index (χ4n) is 1.76. The van der Waals surface area contributed by atoms with Crippen LogP contribution in [0.2, 0.25) is 5.02 Å². The molecule has 1 saturated carbocycles. The van der Waals surface area contributed by atoms with Crippen molar-refractivity contribution in [3.05, 3.63) is 34.9 Å². The van der Waals surface area contributed by atoms with Gasteiger partial charge in [0.25, 0.3) is 0 Å². The fraction of sp³-hybridized carbons (Fsp3) is 0.429. The Labute approximate surface area is 117 Å². The lowest BCUT2D eigenvalue weighted by Gasteiger charge is -2.06. The van der Waals surface area contributed by atoms with Gasteiger partial charge in [0.15, 0.2) is 0 Å². The third-order valence-electron chi connectivity index (χ3n) is 3.00. The Kier molecular flexibility index (Phi) is 4.80. The average molecular weight is 281 g/mol. The third kappa shape index (κ3) is 4.91. The first-order chi connectivity index (χ1) is 9.15. The second kappa shape index (κ2) is 6.57. The summed E-state index contributed by atoms with van der Waals surface area (Å²) >= 11 is 5.87. The molecule has 0 heterocycles. The van der Waals surface area contributed by atoms with Crippen LogP contribution in [0.3, 0.4) is 0 Å². The van der Waals surface area contributed by atoms with Gasteiger partial charge >= 0.3 is 0 Å². The zero-order valence-electron chi connectivity index (χ0n) is 10.6. The summed E-state index contributed by atoms with van der Waals surface area (Å²) in [6.07, 6.45) is 2.62. The van der Waals surface area contributed by atoms with Gasteiger partial charge in [-0.3, -0.25) is 9.59 Å². The Balaban J connectivity index is 1.62. The number of rotatable bonds is 6. The summed E-state index contributed by atoms with van der Waals surface area (Å²) in [4.78, 5) is 22.8. The second-order valence-corrected chi connectivity index (χ2v) is 5.16. The van der Waals surface area contributed by atoms with Crippen molar-refractivity contribution >= 4 is 23.4 Å². The number of carbonyl (C=O) groups excluding carboxylic acids is 2. The summed E-state index contributed by atoms with van der Waals surface area (Å²) in [5.74, 6) is -0.0275. The number of carbonyl (C=O) groups is 2. The first-order valence-electron chi connectivity index (χ1n) is 6.44. The molecule has 1 aromatic carbocycles. The van der Waals surface area contributed by atoms with E-state index < -0.39 is 0 Å². The van der Waals surface area contributed by atoms with Gasteiger partial charge in [-0.2, -0.15) is 0 Å². The molecule has 4 nitrogen and oxygen atoms in total. The molecule has 2 N–H and O–H groups in total. The van der Waals surface area contributed by atoms with Gasteiger partial charge in [0.1, 0.15) is 0 Å². The summed E-state index contributed by atoms with van der Waals surface area (Å²) in [6, 6.07) is 7.54. The van der Waals surface area contributed by atoms with E-state index in [-0.39, 0.29) is 24.3 Å². The van der Waals surface area contributed by atoms with Crippen LogP contribution in [0.25, 0.3) is 0 Å². The molecule has 0 aliphatic heterocycles. The Morgan fingerprint density at radius 1 is 1.26 bits per heavy atom. The second-order valence-electron chi connectivity index (χ2n) is 4.72. The molecule has 0 aromatic heterocycles. The number of hydrogen-bond donors (Lipinski definition) is 2. The highest BCUT2D eigenvalue weighted by atomic mass is 35.5. The molecule has 0 radical (unpaired) electrons. The van der Waals surface area contributed by atoms with E-state index in [4.69, 9.17) is 11.6 Å². The summed E-state index contributed by atoms with van der Waals surface area (Å²) < 4.78 is 0. The molecule has 102 valence electrons. The third-order valence-corrected chi connectivity index (χ3v) is 3.23. The van der Waals surface area contributed by atoms with Gasteiger partial charge in [-0.25, -0.2) is 0 Å². The summed E-state index contributed by atoms with van der Waals surface area (Å²) in [5, 5.41) is 6.09. The molecule has 19 heavy (non-hydrogen) atoms. The normalized spacial score (nSPS) is 13.9. The SMILES string of the molecule is O=C(CNC(=O)C1CC1)NCCc1cccc(Cl)c1. The number of halogens is 1. The maximum absolute atomic E-state index is 11.5. The van der Waals surface area contributed by atoms with Gasteiger partial charge in [0.05, 0.1) is 6.54 Å². The number of hydrogen-bond acceptors (Lipinski definition) is 2. The smallest absolute Gasteiger partial charge is 0.239 e. The van der Waals surface area contributed by atoms with Crippen LogP contribution in [0.5, 0.6) is 0 Å². The minimum absolute atomic E-state index is 0.00927. The van der Waals surface area contributed by atoms with Gasteiger partial charge < -0.3 is 10.6 Å². The van der Waals surface area contributed by atoms with Crippen molar-refractivity contribution in [1.29, 1.82) is 0 Å². The molecule has 0 bridgehead atoms. The van der Waals surface area contributed by atoms with Crippen LogP contribution >= 0.6 is 11.6 Å². The molecule has 2 amide bonds. The van der Waals surface area contributed by atoms with Crippen LogP contribution in [-0.4, -0.2) is 24.9 Å². The van der Waals surface area contributed by atoms with E-state index in [1.807, 2.05) is 24.3 Å². The number of benzene rings is 1. The van der Waals surface area contributed by atoms with E-state index in [0.29, 0.717) is 11.6 Å². The van der Waals surface area contributed by atoms with Gasteiger partial charge in [-0.05, 0) is 37.0 Å². The van der Waals surface area contributed by atoms with E-state index in [1.54, 1.807) is 0 Å². The molecule has 0 spiro atoms. The first kappa shape index (κ1) is 13.9. The maximum Gasteiger partial charge on any atom is 0.239 e. The Morgan fingerprint density at radius 2 is 2.05 bits per heavy atom. The maximum atomic E-state index is 11.5.